The first kappa shape index (κ1) is 15.9. The van der Waals surface area contributed by atoms with Crippen LogP contribution in [-0.4, -0.2) is 28.2 Å². The van der Waals surface area contributed by atoms with E-state index in [4.69, 9.17) is 20.8 Å². The minimum atomic E-state index is -0.359. The fourth-order valence-electron chi connectivity index (χ4n) is 2.11. The third-order valence-electron chi connectivity index (χ3n) is 3.30. The molecule has 0 aliphatic carbocycles. The normalized spacial score (nSPS) is 10.4. The van der Waals surface area contributed by atoms with E-state index < -0.39 is 0 Å². The number of aromatic nitrogens is 3. The summed E-state index contributed by atoms with van der Waals surface area (Å²) in [7, 11) is 1.53. The molecule has 0 spiro atoms. The van der Waals surface area contributed by atoms with Gasteiger partial charge in [-0.15, -0.1) is 0 Å². The monoisotopic (exact) mass is 344 g/mol. The van der Waals surface area contributed by atoms with E-state index in [1.165, 1.54) is 13.5 Å². The highest BCUT2D eigenvalue weighted by Gasteiger charge is 2.19. The molecule has 24 heavy (non-hydrogen) atoms. The molecule has 0 fully saturated rings. The summed E-state index contributed by atoms with van der Waals surface area (Å²) < 4.78 is 10.5. The molecule has 7 nitrogen and oxygen atoms in total. The molecule has 3 aromatic rings. The molecule has 1 N–H and O–H groups in total. The van der Waals surface area contributed by atoms with Gasteiger partial charge in [-0.3, -0.25) is 4.79 Å². The summed E-state index contributed by atoms with van der Waals surface area (Å²) in [6.45, 7) is 0.310. The summed E-state index contributed by atoms with van der Waals surface area (Å²) in [5.41, 5.74) is 1.64. The van der Waals surface area contributed by atoms with E-state index in [2.05, 4.69) is 20.5 Å². The van der Waals surface area contributed by atoms with Crippen LogP contribution in [0, 0.1) is 0 Å². The van der Waals surface area contributed by atoms with Gasteiger partial charge >= 0.3 is 0 Å². The van der Waals surface area contributed by atoms with Crippen molar-refractivity contribution in [3.05, 3.63) is 59.3 Å². The molecular formula is C16H13ClN4O3. The summed E-state index contributed by atoms with van der Waals surface area (Å²) in [5, 5.41) is 10.6. The second kappa shape index (κ2) is 7.10. The number of nitrogens with zero attached hydrogens (tertiary/aromatic N) is 3. The molecule has 0 saturated heterocycles. The van der Waals surface area contributed by atoms with Crippen molar-refractivity contribution >= 4 is 17.5 Å². The number of nitrogens with one attached hydrogen (secondary N) is 1. The van der Waals surface area contributed by atoms with Gasteiger partial charge in [0.2, 0.25) is 0 Å². The van der Waals surface area contributed by atoms with Crippen molar-refractivity contribution in [3.63, 3.8) is 0 Å². The van der Waals surface area contributed by atoms with Crippen molar-refractivity contribution in [2.45, 2.75) is 6.54 Å². The molecule has 0 aliphatic rings. The predicted octanol–water partition coefficient (Wildman–Crippen LogP) is 2.72. The quantitative estimate of drug-likeness (QED) is 0.765. The molecule has 0 radical (unpaired) electrons. The fraction of sp³-hybridized carbons (Fsp3) is 0.125. The lowest BCUT2D eigenvalue weighted by atomic mass is 10.1. The Morgan fingerprint density at radius 3 is 2.92 bits per heavy atom. The van der Waals surface area contributed by atoms with Gasteiger partial charge in [0.1, 0.15) is 5.75 Å². The van der Waals surface area contributed by atoms with E-state index >= 15 is 0 Å². The smallest absolute Gasteiger partial charge is 0.274 e. The van der Waals surface area contributed by atoms with Crippen LogP contribution in [0.25, 0.3) is 11.3 Å². The molecule has 1 amide bonds. The number of amides is 1. The second-order valence-corrected chi connectivity index (χ2v) is 5.22. The van der Waals surface area contributed by atoms with Crippen molar-refractivity contribution in [1.29, 1.82) is 0 Å². The number of halogens is 1. The number of hydrogen-bond donors (Lipinski definition) is 1. The van der Waals surface area contributed by atoms with Crippen molar-refractivity contribution in [2.75, 3.05) is 7.11 Å². The zero-order valence-corrected chi connectivity index (χ0v) is 13.4. The van der Waals surface area contributed by atoms with Gasteiger partial charge in [-0.2, -0.15) is 10.2 Å². The van der Waals surface area contributed by atoms with E-state index in [-0.39, 0.29) is 11.6 Å². The van der Waals surface area contributed by atoms with E-state index in [9.17, 15) is 4.79 Å². The summed E-state index contributed by atoms with van der Waals surface area (Å²) in [4.78, 5) is 16.3. The van der Waals surface area contributed by atoms with Gasteiger partial charge in [0.05, 0.1) is 18.3 Å². The largest absolute Gasteiger partial charge is 0.495 e. The molecule has 122 valence electrons. The highest BCUT2D eigenvalue weighted by Crippen LogP contribution is 2.31. The molecule has 2 aromatic heterocycles. The molecule has 0 unspecified atom stereocenters. The number of rotatable bonds is 5. The first-order valence-electron chi connectivity index (χ1n) is 7.00. The third kappa shape index (κ3) is 3.36. The number of carbonyl (C=O) groups is 1. The van der Waals surface area contributed by atoms with Crippen molar-refractivity contribution < 1.29 is 13.9 Å². The second-order valence-electron chi connectivity index (χ2n) is 4.81. The lowest BCUT2D eigenvalue weighted by Crippen LogP contribution is -2.23. The minimum Gasteiger partial charge on any atom is -0.495 e. The van der Waals surface area contributed by atoms with E-state index in [0.717, 1.165) is 5.56 Å². The molecular weight excluding hydrogens is 332 g/mol. The number of methoxy groups -OCH3 is 1. The fourth-order valence-corrected chi connectivity index (χ4v) is 2.37. The topological polar surface area (TPSA) is 90.1 Å². The van der Waals surface area contributed by atoms with Crippen LogP contribution in [0.5, 0.6) is 5.75 Å². The van der Waals surface area contributed by atoms with Crippen LogP contribution < -0.4 is 10.1 Å². The lowest BCUT2D eigenvalue weighted by Gasteiger charge is -2.06. The van der Waals surface area contributed by atoms with Crippen molar-refractivity contribution in [3.8, 4) is 17.1 Å². The third-order valence-corrected chi connectivity index (χ3v) is 3.59. The van der Waals surface area contributed by atoms with Gasteiger partial charge < -0.3 is 14.5 Å². The molecule has 0 bridgehead atoms. The van der Waals surface area contributed by atoms with Gasteiger partial charge in [0, 0.05) is 18.3 Å². The van der Waals surface area contributed by atoms with Gasteiger partial charge in [-0.05, 0) is 29.8 Å². The van der Waals surface area contributed by atoms with Crippen LogP contribution in [0.2, 0.25) is 5.02 Å². The molecule has 2 heterocycles. The molecule has 1 aromatic carbocycles. The first-order chi connectivity index (χ1) is 11.7. The number of oxazole rings is 1. The Kier molecular flexibility index (Phi) is 4.72. The molecule has 0 atom stereocenters. The van der Waals surface area contributed by atoms with E-state index in [0.29, 0.717) is 28.6 Å². The van der Waals surface area contributed by atoms with Gasteiger partial charge in [-0.25, -0.2) is 4.98 Å². The van der Waals surface area contributed by atoms with Crippen molar-refractivity contribution in [2.24, 2.45) is 0 Å². The zero-order chi connectivity index (χ0) is 16.9. The van der Waals surface area contributed by atoms with Crippen LogP contribution in [-0.2, 0) is 6.54 Å². The van der Waals surface area contributed by atoms with Gasteiger partial charge in [0.15, 0.2) is 17.8 Å². The summed E-state index contributed by atoms with van der Waals surface area (Å²) in [6, 6.07) is 6.87. The van der Waals surface area contributed by atoms with E-state index in [1.807, 2.05) is 0 Å². The first-order valence-corrected chi connectivity index (χ1v) is 7.38. The Bertz CT molecular complexity index is 852. The summed E-state index contributed by atoms with van der Waals surface area (Å²) >= 11 is 6.12. The maximum absolute atomic E-state index is 12.4. The summed E-state index contributed by atoms with van der Waals surface area (Å²) in [5.74, 6) is 0.517. The maximum atomic E-state index is 12.4. The summed E-state index contributed by atoms with van der Waals surface area (Å²) in [6.07, 6.45) is 4.35. The zero-order valence-electron chi connectivity index (χ0n) is 12.7. The molecule has 8 heteroatoms. The van der Waals surface area contributed by atoms with Crippen LogP contribution in [0.3, 0.4) is 0 Å². The predicted molar refractivity (Wildman–Crippen MR) is 86.7 cm³/mol. The Labute approximate surface area is 142 Å². The number of ether oxygens (including phenoxy) is 1. The van der Waals surface area contributed by atoms with Gasteiger partial charge in [0.25, 0.3) is 5.91 Å². The molecule has 3 rings (SSSR count). The van der Waals surface area contributed by atoms with Crippen LogP contribution in [0.15, 0.2) is 47.5 Å². The number of benzene rings is 1. The number of carbonyl (C=O) groups excluding carboxylic acids is 1. The Morgan fingerprint density at radius 1 is 1.33 bits per heavy atom. The average Bonchev–Trinajstić information content (AvgIpc) is 3.10. The van der Waals surface area contributed by atoms with Crippen LogP contribution in [0.4, 0.5) is 0 Å². The lowest BCUT2D eigenvalue weighted by molar-refractivity contribution is 0.0946. The van der Waals surface area contributed by atoms with Gasteiger partial charge in [-0.1, -0.05) is 11.6 Å². The number of hydrogen-bond acceptors (Lipinski definition) is 6. The van der Waals surface area contributed by atoms with Crippen LogP contribution in [0.1, 0.15) is 16.1 Å². The molecule has 0 saturated carbocycles. The minimum absolute atomic E-state index is 0.179. The Hall–Kier alpha value is -2.93. The highest BCUT2D eigenvalue weighted by molar-refractivity contribution is 6.32. The van der Waals surface area contributed by atoms with Crippen molar-refractivity contribution in [1.82, 2.24) is 20.5 Å². The van der Waals surface area contributed by atoms with Crippen LogP contribution >= 0.6 is 11.6 Å². The Balaban J connectivity index is 1.79. The standard InChI is InChI=1S/C16H13ClN4O3/c1-23-13-3-2-11(6-12(13)17)15-14(19-9-24-15)16(22)18-7-10-4-5-20-21-8-10/h2-6,8-9H,7H2,1H3,(H,18,22). The Morgan fingerprint density at radius 2 is 2.21 bits per heavy atom. The SMILES string of the molecule is COc1ccc(-c2ocnc2C(=O)NCc2ccnnc2)cc1Cl. The maximum Gasteiger partial charge on any atom is 0.274 e. The molecule has 0 aliphatic heterocycles. The highest BCUT2D eigenvalue weighted by atomic mass is 35.5. The van der Waals surface area contributed by atoms with E-state index in [1.54, 1.807) is 36.7 Å². The average molecular weight is 345 g/mol.